The molecule has 0 bridgehead atoms. The van der Waals surface area contributed by atoms with Gasteiger partial charge in [0.15, 0.2) is 17.3 Å². The Balaban J connectivity index is 1.83. The van der Waals surface area contributed by atoms with Crippen LogP contribution in [-0.2, 0) is 11.2 Å². The minimum Gasteiger partial charge on any atom is -0.454 e. The number of anilines is 1. The van der Waals surface area contributed by atoms with Crippen LogP contribution in [0, 0.1) is 19.3 Å². The lowest BCUT2D eigenvalue weighted by atomic mass is 10.1. The van der Waals surface area contributed by atoms with E-state index < -0.39 is 11.7 Å². The lowest BCUT2D eigenvalue weighted by molar-refractivity contribution is -0.115. The smallest absolute Gasteiger partial charge is 0.228 e. The summed E-state index contributed by atoms with van der Waals surface area (Å²) in [5.74, 6) is -1.02. The zero-order chi connectivity index (χ0) is 21.8. The number of halogens is 4. The van der Waals surface area contributed by atoms with Gasteiger partial charge < -0.3 is 10.1 Å². The summed E-state index contributed by atoms with van der Waals surface area (Å²) in [6.45, 7) is 8.99. The Morgan fingerprint density at radius 1 is 1.20 bits per heavy atom. The normalized spacial score (nSPS) is 10.4. The molecule has 0 radical (unpaired) electrons. The molecule has 0 aliphatic rings. The van der Waals surface area contributed by atoms with Crippen LogP contribution in [0.4, 0.5) is 15.8 Å². The first-order valence-electron chi connectivity index (χ1n) is 8.65. The fourth-order valence-electron chi connectivity index (χ4n) is 2.68. The lowest BCUT2D eigenvalue weighted by Gasteiger charge is -2.13. The number of benzene rings is 3. The van der Waals surface area contributed by atoms with E-state index in [1.807, 2.05) is 13.0 Å². The minimum absolute atomic E-state index is 0.105. The van der Waals surface area contributed by atoms with Crippen molar-refractivity contribution < 1.29 is 13.9 Å². The summed E-state index contributed by atoms with van der Waals surface area (Å²) in [6, 6.07) is 12.7. The highest BCUT2D eigenvalue weighted by Gasteiger charge is 2.18. The molecule has 3 aromatic rings. The van der Waals surface area contributed by atoms with Crippen LogP contribution in [0.25, 0.3) is 4.85 Å². The number of amides is 1. The number of ether oxygens (including phenoxy) is 1. The summed E-state index contributed by atoms with van der Waals surface area (Å²) in [5.41, 5.74) is 1.81. The molecule has 4 nitrogen and oxygen atoms in total. The Labute approximate surface area is 191 Å². The Kier molecular flexibility index (Phi) is 6.99. The molecule has 0 aliphatic carbocycles. The topological polar surface area (TPSA) is 42.7 Å². The van der Waals surface area contributed by atoms with E-state index in [4.69, 9.17) is 34.5 Å². The number of aryl methyl sites for hydroxylation is 1. The van der Waals surface area contributed by atoms with Gasteiger partial charge in [0.1, 0.15) is 5.75 Å². The molecule has 0 aromatic heterocycles. The molecular weight excluding hydrogens is 494 g/mol. The summed E-state index contributed by atoms with van der Waals surface area (Å²) in [4.78, 5) is 15.7. The van der Waals surface area contributed by atoms with Gasteiger partial charge in [-0.1, -0.05) is 35.3 Å². The van der Waals surface area contributed by atoms with E-state index >= 15 is 4.39 Å². The standard InChI is InChI=1S/C22H14BrCl2FN2O2/c1-12-3-6-19(18(25)7-12)28-20(29)8-13-4-5-17(23)22(21(13)26)30-16-10-14(24)9-15(11-16)27-2/h3-7,9-11H,8H2,1H3,(H,28,29). The molecular formula is C22H14BrCl2FN2O2. The average molecular weight is 508 g/mol. The van der Waals surface area contributed by atoms with Gasteiger partial charge in [-0.15, -0.1) is 0 Å². The van der Waals surface area contributed by atoms with Crippen molar-refractivity contribution in [3.05, 3.63) is 91.4 Å². The van der Waals surface area contributed by atoms with E-state index in [0.29, 0.717) is 20.2 Å². The van der Waals surface area contributed by atoms with Crippen molar-refractivity contribution in [2.75, 3.05) is 5.32 Å². The van der Waals surface area contributed by atoms with Crippen molar-refractivity contribution in [1.82, 2.24) is 0 Å². The number of hydrogen-bond acceptors (Lipinski definition) is 2. The van der Waals surface area contributed by atoms with Crippen molar-refractivity contribution in [1.29, 1.82) is 0 Å². The van der Waals surface area contributed by atoms with E-state index in [2.05, 4.69) is 26.1 Å². The first-order chi connectivity index (χ1) is 14.3. The maximum absolute atomic E-state index is 15.1. The highest BCUT2D eigenvalue weighted by Crippen LogP contribution is 2.37. The molecule has 0 heterocycles. The fourth-order valence-corrected chi connectivity index (χ4v) is 3.57. The summed E-state index contributed by atoms with van der Waals surface area (Å²) in [5, 5.41) is 3.37. The molecule has 0 atom stereocenters. The van der Waals surface area contributed by atoms with Crippen LogP contribution in [0.5, 0.6) is 11.5 Å². The molecule has 152 valence electrons. The Hall–Kier alpha value is -2.59. The second-order valence-corrected chi connectivity index (χ2v) is 8.11. The first kappa shape index (κ1) is 22.1. The van der Waals surface area contributed by atoms with Gasteiger partial charge in [-0.2, -0.15) is 0 Å². The zero-order valence-corrected chi connectivity index (χ0v) is 18.7. The third-order valence-electron chi connectivity index (χ3n) is 4.08. The van der Waals surface area contributed by atoms with E-state index in [-0.39, 0.29) is 29.2 Å². The summed E-state index contributed by atoms with van der Waals surface area (Å²) < 4.78 is 21.1. The van der Waals surface area contributed by atoms with Crippen molar-refractivity contribution >= 4 is 56.4 Å². The molecule has 3 rings (SSSR count). The quantitative estimate of drug-likeness (QED) is 0.359. The van der Waals surface area contributed by atoms with Crippen LogP contribution in [0.1, 0.15) is 11.1 Å². The number of nitrogens with one attached hydrogen (secondary N) is 1. The van der Waals surface area contributed by atoms with E-state index in [1.165, 1.54) is 24.3 Å². The largest absolute Gasteiger partial charge is 0.454 e. The van der Waals surface area contributed by atoms with Gasteiger partial charge in [0.05, 0.1) is 28.2 Å². The van der Waals surface area contributed by atoms with Crippen molar-refractivity contribution in [2.24, 2.45) is 0 Å². The summed E-state index contributed by atoms with van der Waals surface area (Å²) >= 11 is 15.4. The predicted molar refractivity (Wildman–Crippen MR) is 120 cm³/mol. The number of rotatable bonds is 5. The molecule has 1 amide bonds. The highest BCUT2D eigenvalue weighted by molar-refractivity contribution is 9.10. The second-order valence-electron chi connectivity index (χ2n) is 6.42. The molecule has 0 spiro atoms. The molecule has 1 N–H and O–H groups in total. The Morgan fingerprint density at radius 2 is 1.97 bits per heavy atom. The lowest BCUT2D eigenvalue weighted by Crippen LogP contribution is -2.15. The molecule has 0 saturated heterocycles. The monoisotopic (exact) mass is 506 g/mol. The van der Waals surface area contributed by atoms with Crippen LogP contribution in [0.2, 0.25) is 10.0 Å². The molecule has 30 heavy (non-hydrogen) atoms. The van der Waals surface area contributed by atoms with Crippen molar-refractivity contribution in [3.8, 4) is 11.5 Å². The van der Waals surface area contributed by atoms with E-state index in [1.54, 1.807) is 18.2 Å². The van der Waals surface area contributed by atoms with E-state index in [9.17, 15) is 4.79 Å². The first-order valence-corrected chi connectivity index (χ1v) is 10.2. The SMILES string of the molecule is [C-]#[N+]c1cc(Cl)cc(Oc2c(Br)ccc(CC(=O)Nc3ccc(C)cc3Cl)c2F)c1. The average Bonchev–Trinajstić information content (AvgIpc) is 2.69. The van der Waals surface area contributed by atoms with Gasteiger partial charge in [0.25, 0.3) is 0 Å². The van der Waals surface area contributed by atoms with Crippen LogP contribution >= 0.6 is 39.1 Å². The molecule has 3 aromatic carbocycles. The molecule has 0 aliphatic heterocycles. The van der Waals surface area contributed by atoms with Crippen LogP contribution in [-0.4, -0.2) is 5.91 Å². The summed E-state index contributed by atoms with van der Waals surface area (Å²) in [6.07, 6.45) is -0.220. The van der Waals surface area contributed by atoms with Crippen LogP contribution < -0.4 is 10.1 Å². The second kappa shape index (κ2) is 9.48. The highest BCUT2D eigenvalue weighted by atomic mass is 79.9. The van der Waals surface area contributed by atoms with Crippen LogP contribution in [0.15, 0.2) is 53.0 Å². The maximum Gasteiger partial charge on any atom is 0.228 e. The van der Waals surface area contributed by atoms with Crippen molar-refractivity contribution in [2.45, 2.75) is 13.3 Å². The van der Waals surface area contributed by atoms with Gasteiger partial charge in [-0.25, -0.2) is 9.24 Å². The number of hydrogen-bond donors (Lipinski definition) is 1. The minimum atomic E-state index is -0.695. The number of nitrogens with zero attached hydrogens (tertiary/aromatic N) is 1. The van der Waals surface area contributed by atoms with Gasteiger partial charge in [0, 0.05) is 10.6 Å². The van der Waals surface area contributed by atoms with Gasteiger partial charge in [-0.3, -0.25) is 4.79 Å². The number of carbonyl (C=O) groups is 1. The summed E-state index contributed by atoms with van der Waals surface area (Å²) in [7, 11) is 0. The van der Waals surface area contributed by atoms with Gasteiger partial charge >= 0.3 is 0 Å². The van der Waals surface area contributed by atoms with E-state index in [0.717, 1.165) is 5.56 Å². The maximum atomic E-state index is 15.1. The third kappa shape index (κ3) is 5.31. The fraction of sp³-hybridized carbons (Fsp3) is 0.0909. The molecule has 8 heteroatoms. The molecule has 0 saturated carbocycles. The molecule has 0 fully saturated rings. The van der Waals surface area contributed by atoms with Gasteiger partial charge in [-0.05, 0) is 64.8 Å². The zero-order valence-electron chi connectivity index (χ0n) is 15.6. The third-order valence-corrected chi connectivity index (χ3v) is 5.24. The predicted octanol–water partition coefficient (Wildman–Crippen LogP) is 7.73. The number of carbonyl (C=O) groups excluding carboxylic acids is 1. The Bertz CT molecular complexity index is 1180. The molecule has 0 unspecified atom stereocenters. The van der Waals surface area contributed by atoms with Crippen LogP contribution in [0.3, 0.4) is 0 Å². The Morgan fingerprint density at radius 3 is 2.67 bits per heavy atom. The van der Waals surface area contributed by atoms with Gasteiger partial charge in [0.2, 0.25) is 5.91 Å². The van der Waals surface area contributed by atoms with Crippen molar-refractivity contribution in [3.63, 3.8) is 0 Å².